The monoisotopic (exact) mass is 1350 g/mol. The maximum atomic E-state index is 15.3. The number of hydrogen-bond acceptors (Lipinski definition) is 30. The zero-order chi connectivity index (χ0) is 68.6. The Balaban J connectivity index is 0.770. The maximum Gasteiger partial charge on any atom is 0.315 e. The summed E-state index contributed by atoms with van der Waals surface area (Å²) in [5.41, 5.74) is -2.52. The highest BCUT2D eigenvalue weighted by molar-refractivity contribution is 5.79. The van der Waals surface area contributed by atoms with Crippen LogP contribution in [0.2, 0.25) is 0 Å². The van der Waals surface area contributed by atoms with Crippen LogP contribution in [0.15, 0.2) is 11.6 Å². The molecule has 0 amide bonds. The third-order valence-corrected chi connectivity index (χ3v) is 25.0. The second-order valence-electron chi connectivity index (χ2n) is 31.0. The Hall–Kier alpha value is -1.91. The number of fused-ring (bicyclic) bond motifs is 7. The van der Waals surface area contributed by atoms with E-state index in [-0.39, 0.29) is 42.1 Å². The summed E-state index contributed by atoms with van der Waals surface area (Å²) in [6.45, 7) is 15.9. The smallest absolute Gasteiger partial charge is 0.315 e. The van der Waals surface area contributed by atoms with Crippen molar-refractivity contribution in [3.05, 3.63) is 11.6 Å². The number of ether oxygens (including phenoxy) is 12. The van der Waals surface area contributed by atoms with Gasteiger partial charge in [0.1, 0.15) is 122 Å². The lowest BCUT2D eigenvalue weighted by atomic mass is 9.33. The molecule has 540 valence electrons. The molecule has 10 fully saturated rings. The molecule has 0 bridgehead atoms. The molecule has 37 unspecified atom stereocenters. The van der Waals surface area contributed by atoms with Gasteiger partial charge in [-0.25, -0.2) is 0 Å². The van der Waals surface area contributed by atoms with Crippen LogP contribution < -0.4 is 0 Å². The number of aliphatic hydroxyl groups is 17. The summed E-state index contributed by atoms with van der Waals surface area (Å²) in [6, 6.07) is 0. The van der Waals surface area contributed by atoms with Crippen molar-refractivity contribution in [2.75, 3.05) is 26.4 Å². The van der Waals surface area contributed by atoms with Gasteiger partial charge in [0.05, 0.1) is 56.3 Å². The number of allylic oxidation sites excluding steroid dienone is 2. The Morgan fingerprint density at radius 3 is 1.77 bits per heavy atom. The molecule has 17 N–H and O–H groups in total. The molecule has 4 saturated carbocycles. The molecule has 11 aliphatic rings. The van der Waals surface area contributed by atoms with Crippen molar-refractivity contribution in [2.45, 2.75) is 304 Å². The van der Waals surface area contributed by atoms with Crippen LogP contribution in [0.25, 0.3) is 0 Å². The fourth-order valence-electron chi connectivity index (χ4n) is 18.7. The lowest BCUT2D eigenvalue weighted by molar-refractivity contribution is -0.378. The average molecular weight is 1350 g/mol. The summed E-state index contributed by atoms with van der Waals surface area (Å²) in [5, 5.41) is 186. The Bertz CT molecular complexity index is 2660. The second kappa shape index (κ2) is 27.1. The Morgan fingerprint density at radius 1 is 0.511 bits per heavy atom. The lowest BCUT2D eigenvalue weighted by Crippen LogP contribution is -2.67. The molecule has 37 atom stereocenters. The van der Waals surface area contributed by atoms with Gasteiger partial charge in [-0.1, -0.05) is 60.1 Å². The molecule has 0 radical (unpaired) electrons. The first-order valence-electron chi connectivity index (χ1n) is 33.5. The number of carbonyl (C=O) groups is 1. The van der Waals surface area contributed by atoms with Crippen molar-refractivity contribution in [1.29, 1.82) is 0 Å². The SMILES string of the molecule is CC1OC(OC2C(CO)OC(OCC3OC(OC(=O)C45CCC6(C)C(=CCC7C8(C)CCC(OC9OCC(O)C(O)C9OC9OC(C)C(O)C(OC%10OCC(O)C(O)C%10O)C9O)C(C)(C)C8CCC76C)C4CC(C)(C)C(O)C5)C(O)C(O)C3O)C(O)C2O)C(O)C(O)C1O. The number of hydrogen-bond donors (Lipinski definition) is 17. The minimum Gasteiger partial charge on any atom is -0.432 e. The zero-order valence-electron chi connectivity index (χ0n) is 54.7. The number of aliphatic hydroxyl groups excluding tert-OH is 17. The topological polar surface area (TPSA) is 472 Å². The highest BCUT2D eigenvalue weighted by Crippen LogP contribution is 2.76. The van der Waals surface area contributed by atoms with Crippen LogP contribution in [-0.2, 0) is 61.6 Å². The fourth-order valence-corrected chi connectivity index (χ4v) is 18.7. The first kappa shape index (κ1) is 73.3. The lowest BCUT2D eigenvalue weighted by Gasteiger charge is -2.71. The average Bonchev–Trinajstić information content (AvgIpc) is 0.675. The Kier molecular flexibility index (Phi) is 21.2. The minimum atomic E-state index is -1.97. The van der Waals surface area contributed by atoms with Crippen LogP contribution in [0.5, 0.6) is 0 Å². The quantitative estimate of drug-likeness (QED) is 0.0447. The molecule has 94 heavy (non-hydrogen) atoms. The van der Waals surface area contributed by atoms with Crippen LogP contribution in [0.4, 0.5) is 0 Å². The summed E-state index contributed by atoms with van der Waals surface area (Å²) in [5.74, 6) is -1.03. The Labute approximate surface area is 545 Å². The van der Waals surface area contributed by atoms with Crippen molar-refractivity contribution in [3.63, 3.8) is 0 Å². The molecule has 11 rings (SSSR count). The standard InChI is InChI=1S/C64H104O30/c1-24-36(69)41(74)45(78)54(86-24)91-49-30(20-65)88-52(47(80)43(49)76)85-23-31-40(73)42(75)46(79)55(89-31)94-58(82)64-17-16-62(8)26(27(64)18-59(3,4)34(68)19-64)10-11-33-61(7)14-13-35(60(5,6)32(61)12-15-63(33,62)9)90-57-51(39(72)29(67)22-84-57)93-56-48(81)50(37(70)25(2)87-56)92-53-44(77)38(71)28(66)21-83-53/h10,24-25,27-57,65-81H,11-23H2,1-9H3. The van der Waals surface area contributed by atoms with Gasteiger partial charge in [-0.3, -0.25) is 4.79 Å². The molecule has 6 saturated heterocycles. The third kappa shape index (κ3) is 12.4. The summed E-state index contributed by atoms with van der Waals surface area (Å²) in [7, 11) is 0. The van der Waals surface area contributed by atoms with E-state index in [1.807, 2.05) is 13.8 Å². The molecule has 30 nitrogen and oxygen atoms in total. The molecule has 30 heteroatoms. The van der Waals surface area contributed by atoms with Gasteiger partial charge >= 0.3 is 5.97 Å². The molecule has 0 aromatic rings. The van der Waals surface area contributed by atoms with Gasteiger partial charge in [0.25, 0.3) is 0 Å². The first-order valence-corrected chi connectivity index (χ1v) is 33.5. The molecule has 6 heterocycles. The van der Waals surface area contributed by atoms with Gasteiger partial charge in [0.15, 0.2) is 31.5 Å². The predicted molar refractivity (Wildman–Crippen MR) is 315 cm³/mol. The van der Waals surface area contributed by atoms with Gasteiger partial charge in [-0.05, 0) is 116 Å². The van der Waals surface area contributed by atoms with E-state index in [1.165, 1.54) is 13.8 Å². The molecule has 5 aliphatic carbocycles. The van der Waals surface area contributed by atoms with Crippen LogP contribution >= 0.6 is 0 Å². The van der Waals surface area contributed by atoms with E-state index in [0.717, 1.165) is 24.8 Å². The van der Waals surface area contributed by atoms with Crippen LogP contribution in [0.3, 0.4) is 0 Å². The largest absolute Gasteiger partial charge is 0.432 e. The second-order valence-corrected chi connectivity index (χ2v) is 31.0. The van der Waals surface area contributed by atoms with Crippen molar-refractivity contribution in [3.8, 4) is 0 Å². The molecule has 0 aromatic heterocycles. The maximum absolute atomic E-state index is 15.3. The van der Waals surface area contributed by atoms with Gasteiger partial charge in [-0.15, -0.1) is 0 Å². The summed E-state index contributed by atoms with van der Waals surface area (Å²) in [4.78, 5) is 15.3. The minimum absolute atomic E-state index is 0.00737. The van der Waals surface area contributed by atoms with Crippen LogP contribution in [0.1, 0.15) is 120 Å². The molecule has 0 aromatic carbocycles. The highest BCUT2D eigenvalue weighted by Gasteiger charge is 2.71. The van der Waals surface area contributed by atoms with E-state index >= 15 is 4.79 Å². The van der Waals surface area contributed by atoms with E-state index in [0.29, 0.717) is 25.7 Å². The van der Waals surface area contributed by atoms with E-state index in [9.17, 15) is 86.8 Å². The molecule has 0 spiro atoms. The van der Waals surface area contributed by atoms with E-state index in [2.05, 4.69) is 40.7 Å². The van der Waals surface area contributed by atoms with Crippen molar-refractivity contribution < 1.29 is 148 Å². The Morgan fingerprint density at radius 2 is 1.09 bits per heavy atom. The molecular formula is C64H104O30. The predicted octanol–water partition coefficient (Wildman–Crippen LogP) is -4.08. The van der Waals surface area contributed by atoms with Crippen molar-refractivity contribution in [1.82, 2.24) is 0 Å². The van der Waals surface area contributed by atoms with Crippen molar-refractivity contribution >= 4 is 5.97 Å². The van der Waals surface area contributed by atoms with Crippen molar-refractivity contribution in [2.24, 2.45) is 50.2 Å². The first-order chi connectivity index (χ1) is 44.0. The molecular weight excluding hydrogens is 1250 g/mol. The van der Waals surface area contributed by atoms with E-state index < -0.39 is 238 Å². The highest BCUT2D eigenvalue weighted by atomic mass is 16.8. The third-order valence-electron chi connectivity index (χ3n) is 25.0. The van der Waals surface area contributed by atoms with Gasteiger partial charge in [-0.2, -0.15) is 0 Å². The summed E-state index contributed by atoms with van der Waals surface area (Å²) < 4.78 is 71.3. The zero-order valence-corrected chi connectivity index (χ0v) is 54.7. The van der Waals surface area contributed by atoms with Crippen LogP contribution in [-0.4, -0.2) is 303 Å². The van der Waals surface area contributed by atoms with Gasteiger partial charge in [0.2, 0.25) is 6.29 Å². The van der Waals surface area contributed by atoms with Crippen LogP contribution in [0, 0.1) is 50.2 Å². The molecule has 6 aliphatic heterocycles. The number of rotatable bonds is 14. The number of carbonyl (C=O) groups excluding carboxylic acids is 1. The van der Waals surface area contributed by atoms with Gasteiger partial charge in [0, 0.05) is 0 Å². The number of esters is 1. The van der Waals surface area contributed by atoms with E-state index in [1.54, 1.807) is 0 Å². The fraction of sp³-hybridized carbons (Fsp3) is 0.953. The van der Waals surface area contributed by atoms with E-state index in [4.69, 9.17) is 56.8 Å². The normalized spacial score (nSPS) is 55.0. The summed E-state index contributed by atoms with van der Waals surface area (Å²) in [6.07, 6.45) is -39.3. The summed E-state index contributed by atoms with van der Waals surface area (Å²) >= 11 is 0. The van der Waals surface area contributed by atoms with Gasteiger partial charge < -0.3 is 144 Å².